The highest BCUT2D eigenvalue weighted by Crippen LogP contribution is 2.34. The van der Waals surface area contributed by atoms with Gasteiger partial charge in [0.05, 0.1) is 16.3 Å². The highest BCUT2D eigenvalue weighted by molar-refractivity contribution is 7.98. The molecule has 29 heavy (non-hydrogen) atoms. The van der Waals surface area contributed by atoms with Crippen molar-refractivity contribution >= 4 is 35.0 Å². The lowest BCUT2D eigenvalue weighted by molar-refractivity contribution is 0.102. The average Bonchev–Trinajstić information content (AvgIpc) is 2.72. The molecule has 150 valence electrons. The Morgan fingerprint density at radius 3 is 2.03 bits per heavy atom. The average molecular weight is 424 g/mol. The zero-order valence-electron chi connectivity index (χ0n) is 17.5. The lowest BCUT2D eigenvalue weighted by Crippen LogP contribution is -2.13. The summed E-state index contributed by atoms with van der Waals surface area (Å²) >= 11 is 7.92. The molecular weight excluding hydrogens is 398 g/mol. The number of nitrogens with one attached hydrogen (secondary N) is 1. The second-order valence-corrected chi connectivity index (χ2v) is 8.75. The Hall–Kier alpha value is -2.23. The van der Waals surface area contributed by atoms with Gasteiger partial charge in [0.1, 0.15) is 0 Å². The molecule has 0 aliphatic heterocycles. The Labute approximate surface area is 182 Å². The van der Waals surface area contributed by atoms with E-state index >= 15 is 0 Å². The van der Waals surface area contributed by atoms with Gasteiger partial charge in [0.15, 0.2) is 0 Å². The SMILES string of the molecule is Cc1c(C)c(C)c(CSc2ccccc2NC(=O)c2ccccc2Cl)c(C)c1C. The lowest BCUT2D eigenvalue weighted by Gasteiger charge is -2.19. The van der Waals surface area contributed by atoms with E-state index in [4.69, 9.17) is 11.6 Å². The predicted molar refractivity (Wildman–Crippen MR) is 126 cm³/mol. The summed E-state index contributed by atoms with van der Waals surface area (Å²) in [6, 6.07) is 15.0. The number of anilines is 1. The van der Waals surface area contributed by atoms with Crippen LogP contribution in [0, 0.1) is 34.6 Å². The second kappa shape index (κ2) is 9.06. The third-order valence-corrected chi connectivity index (χ3v) is 7.21. The van der Waals surface area contributed by atoms with Gasteiger partial charge < -0.3 is 5.32 Å². The molecule has 0 aliphatic rings. The van der Waals surface area contributed by atoms with Crippen LogP contribution in [0.25, 0.3) is 0 Å². The van der Waals surface area contributed by atoms with Crippen LogP contribution < -0.4 is 5.32 Å². The van der Waals surface area contributed by atoms with Crippen molar-refractivity contribution in [2.45, 2.75) is 45.3 Å². The number of carbonyl (C=O) groups excluding carboxylic acids is 1. The molecule has 0 saturated heterocycles. The van der Waals surface area contributed by atoms with Crippen molar-refractivity contribution in [2.24, 2.45) is 0 Å². The van der Waals surface area contributed by atoms with Crippen LogP contribution in [0.1, 0.15) is 43.7 Å². The van der Waals surface area contributed by atoms with E-state index in [1.54, 1.807) is 23.9 Å². The summed E-state index contributed by atoms with van der Waals surface area (Å²) in [4.78, 5) is 13.7. The molecule has 1 amide bonds. The smallest absolute Gasteiger partial charge is 0.257 e. The fraction of sp³-hybridized carbons (Fsp3) is 0.240. The summed E-state index contributed by atoms with van der Waals surface area (Å²) in [6.45, 7) is 11.0. The van der Waals surface area contributed by atoms with Gasteiger partial charge in [-0.05, 0) is 92.3 Å². The van der Waals surface area contributed by atoms with Gasteiger partial charge in [-0.15, -0.1) is 11.8 Å². The monoisotopic (exact) mass is 423 g/mol. The molecule has 0 heterocycles. The zero-order chi connectivity index (χ0) is 21.1. The largest absolute Gasteiger partial charge is 0.321 e. The Kier molecular flexibility index (Phi) is 6.71. The second-order valence-electron chi connectivity index (χ2n) is 7.32. The maximum Gasteiger partial charge on any atom is 0.257 e. The van der Waals surface area contributed by atoms with Crippen molar-refractivity contribution < 1.29 is 4.79 Å². The molecule has 0 bridgehead atoms. The van der Waals surface area contributed by atoms with Gasteiger partial charge in [-0.1, -0.05) is 35.9 Å². The van der Waals surface area contributed by atoms with E-state index in [2.05, 4.69) is 39.9 Å². The van der Waals surface area contributed by atoms with Gasteiger partial charge >= 0.3 is 0 Å². The summed E-state index contributed by atoms with van der Waals surface area (Å²) in [5, 5.41) is 3.47. The van der Waals surface area contributed by atoms with Crippen LogP contribution in [0.4, 0.5) is 5.69 Å². The molecular formula is C25H26ClNOS. The Morgan fingerprint density at radius 1 is 0.828 bits per heavy atom. The van der Waals surface area contributed by atoms with Crippen molar-refractivity contribution in [1.82, 2.24) is 0 Å². The number of benzene rings is 3. The Balaban J connectivity index is 1.84. The molecule has 3 aromatic carbocycles. The van der Waals surface area contributed by atoms with Gasteiger partial charge in [0.25, 0.3) is 5.91 Å². The molecule has 0 radical (unpaired) electrons. The minimum absolute atomic E-state index is 0.196. The number of hydrogen-bond donors (Lipinski definition) is 1. The van der Waals surface area contributed by atoms with Crippen LogP contribution in [0.2, 0.25) is 5.02 Å². The maximum absolute atomic E-state index is 12.7. The first-order chi connectivity index (χ1) is 13.8. The first-order valence-electron chi connectivity index (χ1n) is 9.64. The molecule has 3 aromatic rings. The summed E-state index contributed by atoms with van der Waals surface area (Å²) in [6.07, 6.45) is 0. The number of hydrogen-bond acceptors (Lipinski definition) is 2. The van der Waals surface area contributed by atoms with E-state index in [0.29, 0.717) is 10.6 Å². The molecule has 2 nitrogen and oxygen atoms in total. The summed E-state index contributed by atoms with van der Waals surface area (Å²) in [7, 11) is 0. The standard InChI is InChI=1S/C25H26ClNOS/c1-15-16(2)18(4)21(19(5)17(15)3)14-29-24-13-9-8-12-23(24)27-25(28)20-10-6-7-11-22(20)26/h6-13H,14H2,1-5H3,(H,27,28). The number of halogens is 1. The summed E-state index contributed by atoms with van der Waals surface area (Å²) in [5.74, 6) is 0.663. The zero-order valence-corrected chi connectivity index (χ0v) is 19.1. The third-order valence-electron chi connectivity index (χ3n) is 5.78. The number of para-hydroxylation sites is 1. The topological polar surface area (TPSA) is 29.1 Å². The van der Waals surface area contributed by atoms with Gasteiger partial charge in [-0.3, -0.25) is 4.79 Å². The number of carbonyl (C=O) groups is 1. The van der Waals surface area contributed by atoms with Crippen molar-refractivity contribution in [1.29, 1.82) is 0 Å². The Morgan fingerprint density at radius 2 is 1.38 bits per heavy atom. The van der Waals surface area contributed by atoms with Crippen molar-refractivity contribution in [3.05, 3.63) is 92.5 Å². The summed E-state index contributed by atoms with van der Waals surface area (Å²) in [5.41, 5.74) is 9.48. The van der Waals surface area contributed by atoms with E-state index in [1.807, 2.05) is 36.4 Å². The molecule has 0 saturated carbocycles. The molecule has 1 N–H and O–H groups in total. The Bertz CT molecular complexity index is 1050. The van der Waals surface area contributed by atoms with Gasteiger partial charge in [-0.25, -0.2) is 0 Å². The van der Waals surface area contributed by atoms with Crippen LogP contribution >= 0.6 is 23.4 Å². The molecule has 0 spiro atoms. The third kappa shape index (κ3) is 4.52. The van der Waals surface area contributed by atoms with Gasteiger partial charge in [-0.2, -0.15) is 0 Å². The molecule has 0 fully saturated rings. The van der Waals surface area contributed by atoms with Crippen molar-refractivity contribution in [3.63, 3.8) is 0 Å². The fourth-order valence-corrected chi connectivity index (χ4v) is 4.88. The normalized spacial score (nSPS) is 10.8. The molecule has 0 aliphatic carbocycles. The molecule has 0 aromatic heterocycles. The number of amides is 1. The quantitative estimate of drug-likeness (QED) is 0.432. The highest BCUT2D eigenvalue weighted by Gasteiger charge is 2.15. The molecule has 3 rings (SSSR count). The molecule has 0 unspecified atom stereocenters. The minimum atomic E-state index is -0.196. The summed E-state index contributed by atoms with van der Waals surface area (Å²) < 4.78 is 0. The van der Waals surface area contributed by atoms with Crippen LogP contribution in [0.5, 0.6) is 0 Å². The molecule has 4 heteroatoms. The van der Waals surface area contributed by atoms with Crippen molar-refractivity contribution in [3.8, 4) is 0 Å². The van der Waals surface area contributed by atoms with Gasteiger partial charge in [0.2, 0.25) is 0 Å². The van der Waals surface area contributed by atoms with Gasteiger partial charge in [0, 0.05) is 10.6 Å². The highest BCUT2D eigenvalue weighted by atomic mass is 35.5. The maximum atomic E-state index is 12.7. The van der Waals surface area contributed by atoms with E-state index in [-0.39, 0.29) is 5.91 Å². The number of thioether (sulfide) groups is 1. The first kappa shape index (κ1) is 21.5. The van der Waals surface area contributed by atoms with Crippen molar-refractivity contribution in [2.75, 3.05) is 5.32 Å². The fourth-order valence-electron chi connectivity index (χ4n) is 3.47. The lowest BCUT2D eigenvalue weighted by atomic mass is 9.90. The number of rotatable bonds is 5. The van der Waals surface area contributed by atoms with E-state index in [9.17, 15) is 4.79 Å². The van der Waals surface area contributed by atoms with Crippen LogP contribution in [-0.2, 0) is 5.75 Å². The van der Waals surface area contributed by atoms with Crippen LogP contribution in [-0.4, -0.2) is 5.91 Å². The van der Waals surface area contributed by atoms with E-state index in [0.717, 1.165) is 16.3 Å². The van der Waals surface area contributed by atoms with Crippen LogP contribution in [0.3, 0.4) is 0 Å². The first-order valence-corrected chi connectivity index (χ1v) is 11.0. The predicted octanol–water partition coefficient (Wildman–Crippen LogP) is 7.43. The minimum Gasteiger partial charge on any atom is -0.321 e. The van der Waals surface area contributed by atoms with E-state index in [1.165, 1.54) is 33.4 Å². The molecule has 0 atom stereocenters. The van der Waals surface area contributed by atoms with E-state index < -0.39 is 0 Å². The van der Waals surface area contributed by atoms with Crippen LogP contribution in [0.15, 0.2) is 53.4 Å².